The van der Waals surface area contributed by atoms with Crippen molar-refractivity contribution in [1.82, 2.24) is 14.5 Å². The molecule has 0 saturated heterocycles. The molecule has 3 heterocycles. The van der Waals surface area contributed by atoms with Crippen molar-refractivity contribution in [1.29, 1.82) is 0 Å². The van der Waals surface area contributed by atoms with Crippen molar-refractivity contribution < 1.29 is 17.9 Å². The third-order valence-corrected chi connectivity index (χ3v) is 6.26. The highest BCUT2D eigenvalue weighted by molar-refractivity contribution is 7.89. The molecular weight excluding hydrogens is 386 g/mol. The summed E-state index contributed by atoms with van der Waals surface area (Å²) in [6.45, 7) is 1.75. The average Bonchev–Trinajstić information content (AvgIpc) is 3.29. The van der Waals surface area contributed by atoms with Gasteiger partial charge in [-0.3, -0.25) is 4.68 Å². The number of thiophene rings is 1. The summed E-state index contributed by atoms with van der Waals surface area (Å²) >= 11 is 1.61. The summed E-state index contributed by atoms with van der Waals surface area (Å²) in [7, 11) is -3.64. The topological polar surface area (TPSA) is 82.5 Å². The van der Waals surface area contributed by atoms with Crippen molar-refractivity contribution in [2.45, 2.75) is 17.9 Å². The minimum absolute atomic E-state index is 0.158. The number of nitrogens with one attached hydrogen (secondary N) is 1. The molecule has 0 saturated carbocycles. The maximum absolute atomic E-state index is 12.6. The molecule has 0 spiro atoms. The smallest absolute Gasteiger partial charge is 0.240 e. The number of hydrogen-bond donors (Lipinski definition) is 1. The fourth-order valence-electron chi connectivity index (χ4n) is 2.74. The van der Waals surface area contributed by atoms with Crippen LogP contribution in [0.2, 0.25) is 0 Å². The van der Waals surface area contributed by atoms with Gasteiger partial charge in [0.25, 0.3) is 0 Å². The normalized spacial score (nSPS) is 14.1. The molecule has 0 bridgehead atoms. The second kappa shape index (κ2) is 7.71. The second-order valence-corrected chi connectivity index (χ2v) is 8.58. The first kappa shape index (κ1) is 18.0. The Hall–Kier alpha value is -2.36. The van der Waals surface area contributed by atoms with Crippen molar-refractivity contribution in [3.63, 3.8) is 0 Å². The first-order chi connectivity index (χ1) is 13.1. The van der Waals surface area contributed by atoms with Crippen LogP contribution >= 0.6 is 11.3 Å². The zero-order valence-corrected chi connectivity index (χ0v) is 16.1. The molecule has 9 heteroatoms. The van der Waals surface area contributed by atoms with E-state index in [9.17, 15) is 8.42 Å². The van der Waals surface area contributed by atoms with E-state index in [1.54, 1.807) is 22.1 Å². The summed E-state index contributed by atoms with van der Waals surface area (Å²) < 4.78 is 40.5. The Kier molecular flexibility index (Phi) is 5.15. The minimum Gasteiger partial charge on any atom is -0.490 e. The maximum Gasteiger partial charge on any atom is 0.240 e. The van der Waals surface area contributed by atoms with E-state index in [0.717, 1.165) is 17.7 Å². The van der Waals surface area contributed by atoms with Crippen LogP contribution in [0.1, 0.15) is 6.42 Å². The van der Waals surface area contributed by atoms with Crippen LogP contribution in [0.25, 0.3) is 11.3 Å². The molecular formula is C18H19N3O4S2. The SMILES string of the molecule is O=S(=O)(NCCn1ccc(-c2ccsc2)n1)c1ccc2c(c1)OCCCO2. The molecule has 0 fully saturated rings. The van der Waals surface area contributed by atoms with E-state index < -0.39 is 10.0 Å². The third-order valence-electron chi connectivity index (χ3n) is 4.12. The minimum atomic E-state index is -3.64. The Bertz CT molecular complexity index is 1010. The number of hydrogen-bond acceptors (Lipinski definition) is 6. The Labute approximate surface area is 161 Å². The monoisotopic (exact) mass is 405 g/mol. The van der Waals surface area contributed by atoms with Crippen molar-refractivity contribution in [2.75, 3.05) is 19.8 Å². The maximum atomic E-state index is 12.6. The molecule has 0 unspecified atom stereocenters. The standard InChI is InChI=1S/C18H19N3O4S2/c22-27(23,15-2-3-17-18(12-15)25-10-1-9-24-17)19-6-8-21-7-4-16(20-21)14-5-11-26-13-14/h2-5,7,11-13,19H,1,6,8-10H2. The van der Waals surface area contributed by atoms with Gasteiger partial charge in [-0.1, -0.05) is 0 Å². The number of sulfonamides is 1. The van der Waals surface area contributed by atoms with Gasteiger partial charge in [-0.2, -0.15) is 16.4 Å². The van der Waals surface area contributed by atoms with Crippen LogP contribution in [0.3, 0.4) is 0 Å². The van der Waals surface area contributed by atoms with Crippen molar-refractivity contribution in [2.24, 2.45) is 0 Å². The molecule has 0 radical (unpaired) electrons. The largest absolute Gasteiger partial charge is 0.490 e. The van der Waals surface area contributed by atoms with Gasteiger partial charge in [0.05, 0.1) is 30.3 Å². The van der Waals surface area contributed by atoms with Crippen LogP contribution in [0.15, 0.2) is 52.2 Å². The van der Waals surface area contributed by atoms with Crippen LogP contribution in [0, 0.1) is 0 Å². The average molecular weight is 406 g/mol. The lowest BCUT2D eigenvalue weighted by molar-refractivity contribution is 0.297. The van der Waals surface area contributed by atoms with Crippen molar-refractivity contribution in [3.05, 3.63) is 47.3 Å². The number of rotatable bonds is 6. The predicted molar refractivity (Wildman–Crippen MR) is 103 cm³/mol. The molecule has 0 aliphatic carbocycles. The molecule has 0 amide bonds. The lowest BCUT2D eigenvalue weighted by atomic mass is 10.2. The molecule has 4 rings (SSSR count). The lowest BCUT2D eigenvalue weighted by Gasteiger charge is -2.11. The van der Waals surface area contributed by atoms with Gasteiger partial charge in [-0.15, -0.1) is 0 Å². The van der Waals surface area contributed by atoms with E-state index in [2.05, 4.69) is 9.82 Å². The Balaban J connectivity index is 1.40. The Morgan fingerprint density at radius 1 is 1.15 bits per heavy atom. The van der Waals surface area contributed by atoms with Gasteiger partial charge in [0, 0.05) is 36.2 Å². The third kappa shape index (κ3) is 4.15. The lowest BCUT2D eigenvalue weighted by Crippen LogP contribution is -2.27. The van der Waals surface area contributed by atoms with E-state index in [1.807, 2.05) is 29.1 Å². The fraction of sp³-hybridized carbons (Fsp3) is 0.278. The Morgan fingerprint density at radius 2 is 2.00 bits per heavy atom. The molecule has 7 nitrogen and oxygen atoms in total. The highest BCUT2D eigenvalue weighted by Crippen LogP contribution is 2.31. The van der Waals surface area contributed by atoms with Gasteiger partial charge in [0.1, 0.15) is 0 Å². The zero-order chi connectivity index (χ0) is 18.7. The predicted octanol–water partition coefficient (Wildman–Crippen LogP) is 2.75. The Morgan fingerprint density at radius 3 is 2.81 bits per heavy atom. The molecule has 2 aromatic heterocycles. The van der Waals surface area contributed by atoms with Crippen LogP contribution in [0.5, 0.6) is 11.5 Å². The number of nitrogens with zero attached hydrogens (tertiary/aromatic N) is 2. The molecule has 1 aromatic carbocycles. The van der Waals surface area contributed by atoms with Gasteiger partial charge in [0.15, 0.2) is 11.5 Å². The molecule has 0 atom stereocenters. The van der Waals surface area contributed by atoms with Gasteiger partial charge < -0.3 is 9.47 Å². The molecule has 27 heavy (non-hydrogen) atoms. The van der Waals surface area contributed by atoms with Crippen molar-refractivity contribution >= 4 is 21.4 Å². The first-order valence-electron chi connectivity index (χ1n) is 8.57. The van der Waals surface area contributed by atoms with Crippen LogP contribution in [-0.2, 0) is 16.6 Å². The highest BCUT2D eigenvalue weighted by Gasteiger charge is 2.18. The van der Waals surface area contributed by atoms with E-state index in [-0.39, 0.29) is 11.4 Å². The van der Waals surface area contributed by atoms with Gasteiger partial charge in [-0.05, 0) is 29.6 Å². The van der Waals surface area contributed by atoms with Crippen LogP contribution in [0.4, 0.5) is 0 Å². The van der Waals surface area contributed by atoms with Gasteiger partial charge in [-0.25, -0.2) is 13.1 Å². The van der Waals surface area contributed by atoms with Crippen molar-refractivity contribution in [3.8, 4) is 22.8 Å². The van der Waals surface area contributed by atoms with Gasteiger partial charge >= 0.3 is 0 Å². The number of aromatic nitrogens is 2. The van der Waals surface area contributed by atoms with E-state index in [1.165, 1.54) is 12.1 Å². The summed E-state index contributed by atoms with van der Waals surface area (Å²) in [5, 5.41) is 8.49. The number of benzene rings is 1. The van der Waals surface area contributed by atoms with Crippen LogP contribution < -0.4 is 14.2 Å². The molecule has 1 aliphatic rings. The summed E-state index contributed by atoms with van der Waals surface area (Å²) in [4.78, 5) is 0.158. The quantitative estimate of drug-likeness (QED) is 0.682. The molecule has 1 N–H and O–H groups in total. The van der Waals surface area contributed by atoms with E-state index in [0.29, 0.717) is 31.3 Å². The molecule has 3 aromatic rings. The first-order valence-corrected chi connectivity index (χ1v) is 11.0. The second-order valence-electron chi connectivity index (χ2n) is 6.03. The molecule has 1 aliphatic heterocycles. The number of fused-ring (bicyclic) bond motifs is 1. The number of ether oxygens (including phenoxy) is 2. The van der Waals surface area contributed by atoms with E-state index in [4.69, 9.17) is 9.47 Å². The van der Waals surface area contributed by atoms with Gasteiger partial charge in [0.2, 0.25) is 10.0 Å². The summed E-state index contributed by atoms with van der Waals surface area (Å²) in [5.41, 5.74) is 1.94. The van der Waals surface area contributed by atoms with E-state index >= 15 is 0 Å². The summed E-state index contributed by atoms with van der Waals surface area (Å²) in [5.74, 6) is 1.03. The highest BCUT2D eigenvalue weighted by atomic mass is 32.2. The summed E-state index contributed by atoms with van der Waals surface area (Å²) in [6, 6.07) is 8.59. The summed E-state index contributed by atoms with van der Waals surface area (Å²) in [6.07, 6.45) is 2.61. The van der Waals surface area contributed by atoms with Crippen LogP contribution in [-0.4, -0.2) is 38.0 Å². The molecule has 142 valence electrons. The fourth-order valence-corrected chi connectivity index (χ4v) is 4.42. The zero-order valence-electron chi connectivity index (χ0n) is 14.5.